The fourth-order valence-corrected chi connectivity index (χ4v) is 1.60. The molecule has 0 unspecified atom stereocenters. The molecular formula is C15H19NO2. The Labute approximate surface area is 108 Å². The highest BCUT2D eigenvalue weighted by atomic mass is 16.4. The van der Waals surface area contributed by atoms with Crippen LogP contribution in [0.3, 0.4) is 0 Å². The van der Waals surface area contributed by atoms with Crippen molar-refractivity contribution in [2.75, 3.05) is 13.1 Å². The summed E-state index contributed by atoms with van der Waals surface area (Å²) in [4.78, 5) is 13.0. The van der Waals surface area contributed by atoms with Gasteiger partial charge in [0.05, 0.1) is 6.54 Å². The van der Waals surface area contributed by atoms with Crippen molar-refractivity contribution in [3.05, 3.63) is 35.9 Å². The van der Waals surface area contributed by atoms with Gasteiger partial charge in [-0.25, -0.2) is 0 Å². The summed E-state index contributed by atoms with van der Waals surface area (Å²) in [6.07, 6.45) is 0. The van der Waals surface area contributed by atoms with Crippen LogP contribution in [-0.4, -0.2) is 34.6 Å². The quantitative estimate of drug-likeness (QED) is 0.827. The van der Waals surface area contributed by atoms with Gasteiger partial charge in [-0.2, -0.15) is 0 Å². The van der Waals surface area contributed by atoms with E-state index in [2.05, 4.69) is 11.8 Å². The maximum atomic E-state index is 11.2. The Hall–Kier alpha value is -1.79. The van der Waals surface area contributed by atoms with E-state index in [1.54, 1.807) is 13.8 Å². The van der Waals surface area contributed by atoms with Crippen molar-refractivity contribution in [1.82, 2.24) is 4.90 Å². The average molecular weight is 245 g/mol. The van der Waals surface area contributed by atoms with Gasteiger partial charge < -0.3 is 5.11 Å². The zero-order valence-corrected chi connectivity index (χ0v) is 11.1. The molecule has 96 valence electrons. The van der Waals surface area contributed by atoms with E-state index in [4.69, 9.17) is 5.11 Å². The first-order valence-electron chi connectivity index (χ1n) is 6.01. The van der Waals surface area contributed by atoms with Crippen molar-refractivity contribution in [1.29, 1.82) is 0 Å². The Morgan fingerprint density at radius 2 is 1.94 bits per heavy atom. The predicted molar refractivity (Wildman–Crippen MR) is 72.3 cm³/mol. The van der Waals surface area contributed by atoms with Gasteiger partial charge in [-0.15, -0.1) is 0 Å². The lowest BCUT2D eigenvalue weighted by molar-refractivity contribution is -0.148. The molecule has 0 aliphatic carbocycles. The second kappa shape index (κ2) is 6.23. The van der Waals surface area contributed by atoms with Crippen LogP contribution < -0.4 is 0 Å². The van der Waals surface area contributed by atoms with Gasteiger partial charge >= 0.3 is 5.97 Å². The summed E-state index contributed by atoms with van der Waals surface area (Å²) in [7, 11) is 0. The minimum absolute atomic E-state index is 0.449. The van der Waals surface area contributed by atoms with Crippen LogP contribution in [0.1, 0.15) is 26.3 Å². The van der Waals surface area contributed by atoms with Gasteiger partial charge in [0.25, 0.3) is 0 Å². The molecule has 0 fully saturated rings. The van der Waals surface area contributed by atoms with Gasteiger partial charge in [0, 0.05) is 5.56 Å². The fraction of sp³-hybridized carbons (Fsp3) is 0.400. The Kier molecular flexibility index (Phi) is 4.94. The molecule has 1 N–H and O–H groups in total. The van der Waals surface area contributed by atoms with Crippen LogP contribution in [0.4, 0.5) is 0 Å². The van der Waals surface area contributed by atoms with Crippen LogP contribution in [0, 0.1) is 11.8 Å². The summed E-state index contributed by atoms with van der Waals surface area (Å²) in [6.45, 7) is 6.44. The lowest BCUT2D eigenvalue weighted by atomic mass is 10.0. The molecule has 0 radical (unpaired) electrons. The number of carboxylic acid groups (broad SMARTS) is 1. The predicted octanol–water partition coefficient (Wildman–Crippen LogP) is 2.22. The van der Waals surface area contributed by atoms with Crippen LogP contribution in [0.15, 0.2) is 30.3 Å². The molecule has 0 spiro atoms. The van der Waals surface area contributed by atoms with Gasteiger partial charge in [0.2, 0.25) is 0 Å². The van der Waals surface area contributed by atoms with Gasteiger partial charge in [-0.3, -0.25) is 9.69 Å². The van der Waals surface area contributed by atoms with E-state index >= 15 is 0 Å². The Morgan fingerprint density at radius 3 is 2.44 bits per heavy atom. The van der Waals surface area contributed by atoms with Gasteiger partial charge in [-0.1, -0.05) is 37.0 Å². The first-order valence-corrected chi connectivity index (χ1v) is 6.01. The molecule has 0 amide bonds. The zero-order valence-electron chi connectivity index (χ0n) is 11.1. The zero-order chi connectivity index (χ0) is 13.6. The number of hydrogen-bond donors (Lipinski definition) is 1. The maximum absolute atomic E-state index is 11.2. The number of carbonyl (C=O) groups is 1. The monoisotopic (exact) mass is 245 g/mol. The minimum atomic E-state index is -0.889. The lowest BCUT2D eigenvalue weighted by Crippen LogP contribution is -2.50. The SMILES string of the molecule is CCN(CC#Cc1ccccc1)C(C)(C)C(=O)O. The number of benzene rings is 1. The van der Waals surface area contributed by atoms with Gasteiger partial charge in [-0.05, 0) is 32.5 Å². The molecule has 3 nitrogen and oxygen atoms in total. The van der Waals surface area contributed by atoms with Crippen molar-refractivity contribution < 1.29 is 9.90 Å². The largest absolute Gasteiger partial charge is 0.480 e. The first-order chi connectivity index (χ1) is 8.48. The summed E-state index contributed by atoms with van der Waals surface area (Å²) < 4.78 is 0. The standard InChI is InChI=1S/C15H19NO2/c1-4-16(15(2,3)14(17)18)12-8-11-13-9-6-5-7-10-13/h5-7,9-10H,4,12H2,1-3H3,(H,17,18). The highest BCUT2D eigenvalue weighted by Gasteiger charge is 2.32. The van der Waals surface area contributed by atoms with Crippen LogP contribution in [-0.2, 0) is 4.79 Å². The summed E-state index contributed by atoms with van der Waals surface area (Å²) >= 11 is 0. The number of aliphatic carboxylic acids is 1. The molecule has 1 rings (SSSR count). The molecular weight excluding hydrogens is 226 g/mol. The first kappa shape index (κ1) is 14.3. The molecule has 0 bridgehead atoms. The third-order valence-corrected chi connectivity index (χ3v) is 2.97. The summed E-state index contributed by atoms with van der Waals surface area (Å²) in [5.74, 6) is 5.23. The Morgan fingerprint density at radius 1 is 1.33 bits per heavy atom. The number of likely N-dealkylation sites (N-methyl/N-ethyl adjacent to an activating group) is 1. The third kappa shape index (κ3) is 3.61. The number of rotatable bonds is 4. The van der Waals surface area contributed by atoms with E-state index in [1.165, 1.54) is 0 Å². The average Bonchev–Trinajstić information content (AvgIpc) is 2.35. The van der Waals surface area contributed by atoms with Crippen molar-refractivity contribution >= 4 is 5.97 Å². The molecule has 1 aromatic carbocycles. The van der Waals surface area contributed by atoms with Crippen molar-refractivity contribution in [2.45, 2.75) is 26.3 Å². The smallest absolute Gasteiger partial charge is 0.323 e. The molecule has 0 aliphatic rings. The molecule has 1 aromatic rings. The van der Waals surface area contributed by atoms with Crippen molar-refractivity contribution in [3.63, 3.8) is 0 Å². The highest BCUT2D eigenvalue weighted by Crippen LogP contribution is 2.13. The number of nitrogens with zero attached hydrogens (tertiary/aromatic N) is 1. The lowest BCUT2D eigenvalue weighted by Gasteiger charge is -2.32. The number of carboxylic acids is 1. The molecule has 0 aromatic heterocycles. The molecule has 3 heteroatoms. The van der Waals surface area contributed by atoms with Crippen LogP contribution in [0.25, 0.3) is 0 Å². The van der Waals surface area contributed by atoms with E-state index < -0.39 is 11.5 Å². The second-order valence-corrected chi connectivity index (χ2v) is 4.55. The summed E-state index contributed by atoms with van der Waals surface area (Å²) in [5, 5.41) is 9.17. The Balaban J connectivity index is 2.72. The molecule has 0 saturated carbocycles. The maximum Gasteiger partial charge on any atom is 0.323 e. The van der Waals surface area contributed by atoms with Gasteiger partial charge in [0.1, 0.15) is 5.54 Å². The molecule has 0 heterocycles. The number of hydrogen-bond acceptors (Lipinski definition) is 2. The van der Waals surface area contributed by atoms with E-state index in [0.717, 1.165) is 5.56 Å². The van der Waals surface area contributed by atoms with Crippen molar-refractivity contribution in [3.8, 4) is 11.8 Å². The van der Waals surface area contributed by atoms with Gasteiger partial charge in [0.15, 0.2) is 0 Å². The third-order valence-electron chi connectivity index (χ3n) is 2.97. The van der Waals surface area contributed by atoms with E-state index in [0.29, 0.717) is 13.1 Å². The van der Waals surface area contributed by atoms with E-state index in [9.17, 15) is 4.79 Å². The second-order valence-electron chi connectivity index (χ2n) is 4.55. The van der Waals surface area contributed by atoms with Crippen molar-refractivity contribution in [2.24, 2.45) is 0 Å². The molecule has 0 atom stereocenters. The molecule has 18 heavy (non-hydrogen) atoms. The Bertz CT molecular complexity index is 454. The topological polar surface area (TPSA) is 40.5 Å². The summed E-state index contributed by atoms with van der Waals surface area (Å²) in [5.41, 5.74) is 0.0572. The fourth-order valence-electron chi connectivity index (χ4n) is 1.60. The normalized spacial score (nSPS) is 10.9. The molecule has 0 saturated heterocycles. The van der Waals surface area contributed by atoms with Crippen LogP contribution >= 0.6 is 0 Å². The van der Waals surface area contributed by atoms with Crippen LogP contribution in [0.2, 0.25) is 0 Å². The highest BCUT2D eigenvalue weighted by molar-refractivity contribution is 5.77. The van der Waals surface area contributed by atoms with E-state index in [1.807, 2.05) is 42.2 Å². The van der Waals surface area contributed by atoms with Crippen LogP contribution in [0.5, 0.6) is 0 Å². The summed E-state index contributed by atoms with van der Waals surface area (Å²) in [6, 6.07) is 9.68. The molecule has 0 aliphatic heterocycles. The van der Waals surface area contributed by atoms with E-state index in [-0.39, 0.29) is 0 Å². The minimum Gasteiger partial charge on any atom is -0.480 e.